The maximum absolute atomic E-state index is 12.3. The maximum atomic E-state index is 12.3. The van der Waals surface area contributed by atoms with Crippen molar-refractivity contribution in [3.63, 3.8) is 0 Å². The summed E-state index contributed by atoms with van der Waals surface area (Å²) in [5, 5.41) is 3.04. The topological polar surface area (TPSA) is 50.8 Å². The van der Waals surface area contributed by atoms with E-state index in [1.54, 1.807) is 7.11 Å². The lowest BCUT2D eigenvalue weighted by Gasteiger charge is -2.22. The van der Waals surface area contributed by atoms with E-state index in [4.69, 9.17) is 9.47 Å². The number of hydrogen-bond acceptors (Lipinski definition) is 3. The molecule has 1 N–H and O–H groups in total. The molecule has 0 aromatic heterocycles. The van der Waals surface area contributed by atoms with E-state index in [-0.39, 0.29) is 6.03 Å². The van der Waals surface area contributed by atoms with Crippen LogP contribution in [0.25, 0.3) is 0 Å². The number of likely N-dealkylation sites (tertiary alicyclic amines) is 1. The molecule has 2 fully saturated rings. The fraction of sp³-hybridized carbons (Fsp3) is 0.667. The van der Waals surface area contributed by atoms with E-state index >= 15 is 0 Å². The minimum Gasteiger partial charge on any atom is -0.497 e. The molecular formula is C21H32N2O3. The summed E-state index contributed by atoms with van der Waals surface area (Å²) in [5.41, 5.74) is 1.28. The molecule has 26 heavy (non-hydrogen) atoms. The molecule has 1 saturated carbocycles. The number of rotatable bonds is 7. The normalized spacial score (nSPS) is 21.0. The van der Waals surface area contributed by atoms with Gasteiger partial charge in [-0.2, -0.15) is 0 Å². The summed E-state index contributed by atoms with van der Waals surface area (Å²) in [6, 6.07) is 8.24. The molecular weight excluding hydrogens is 328 g/mol. The number of hydrogen-bond donors (Lipinski definition) is 1. The van der Waals surface area contributed by atoms with Crippen molar-refractivity contribution in [2.45, 2.75) is 57.0 Å². The van der Waals surface area contributed by atoms with Crippen molar-refractivity contribution in [2.75, 3.05) is 33.4 Å². The van der Waals surface area contributed by atoms with Crippen LogP contribution < -0.4 is 10.1 Å². The number of amides is 2. The Hall–Kier alpha value is -1.75. The van der Waals surface area contributed by atoms with Crippen LogP contribution in [0.4, 0.5) is 4.79 Å². The Morgan fingerprint density at radius 1 is 1.15 bits per heavy atom. The highest BCUT2D eigenvalue weighted by molar-refractivity contribution is 5.74. The number of carbonyl (C=O) groups is 1. The van der Waals surface area contributed by atoms with Gasteiger partial charge in [0.15, 0.2) is 0 Å². The van der Waals surface area contributed by atoms with E-state index in [0.29, 0.717) is 18.6 Å². The molecule has 2 amide bonds. The monoisotopic (exact) mass is 360 g/mol. The molecule has 1 unspecified atom stereocenters. The molecule has 1 aliphatic heterocycles. The van der Waals surface area contributed by atoms with Crippen molar-refractivity contribution in [2.24, 2.45) is 0 Å². The summed E-state index contributed by atoms with van der Waals surface area (Å²) in [6.07, 6.45) is 8.70. The van der Waals surface area contributed by atoms with Gasteiger partial charge in [0.25, 0.3) is 0 Å². The smallest absolute Gasteiger partial charge is 0.317 e. The van der Waals surface area contributed by atoms with E-state index in [1.807, 2.05) is 17.0 Å². The van der Waals surface area contributed by atoms with Gasteiger partial charge < -0.3 is 19.7 Å². The molecule has 0 spiro atoms. The zero-order valence-electron chi connectivity index (χ0n) is 15.9. The van der Waals surface area contributed by atoms with Gasteiger partial charge in [-0.25, -0.2) is 4.79 Å². The van der Waals surface area contributed by atoms with Gasteiger partial charge in [-0.15, -0.1) is 0 Å². The fourth-order valence-electron chi connectivity index (χ4n) is 3.95. The van der Waals surface area contributed by atoms with E-state index in [0.717, 1.165) is 38.3 Å². The highest BCUT2D eigenvalue weighted by atomic mass is 16.5. The van der Waals surface area contributed by atoms with Crippen LogP contribution in [0.3, 0.4) is 0 Å². The molecule has 5 heteroatoms. The van der Waals surface area contributed by atoms with Crippen molar-refractivity contribution in [1.82, 2.24) is 10.2 Å². The van der Waals surface area contributed by atoms with Crippen LogP contribution in [0.15, 0.2) is 24.3 Å². The summed E-state index contributed by atoms with van der Waals surface area (Å²) in [6.45, 7) is 3.05. The van der Waals surface area contributed by atoms with E-state index < -0.39 is 0 Å². The van der Waals surface area contributed by atoms with Crippen molar-refractivity contribution < 1.29 is 14.3 Å². The molecule has 0 radical (unpaired) electrons. The Morgan fingerprint density at radius 3 is 2.65 bits per heavy atom. The summed E-state index contributed by atoms with van der Waals surface area (Å²) in [7, 11) is 1.68. The van der Waals surface area contributed by atoms with E-state index in [2.05, 4.69) is 17.4 Å². The Morgan fingerprint density at radius 2 is 1.92 bits per heavy atom. The molecule has 0 bridgehead atoms. The number of urea groups is 1. The average molecular weight is 360 g/mol. The molecule has 1 aromatic carbocycles. The van der Waals surface area contributed by atoms with Crippen molar-refractivity contribution in [1.29, 1.82) is 0 Å². The zero-order chi connectivity index (χ0) is 18.2. The first-order valence-corrected chi connectivity index (χ1v) is 10.0. The highest BCUT2D eigenvalue weighted by Gasteiger charge is 2.27. The van der Waals surface area contributed by atoms with Crippen LogP contribution in [0, 0.1) is 0 Å². The molecule has 5 nitrogen and oxygen atoms in total. The second-order valence-electron chi connectivity index (χ2n) is 7.42. The lowest BCUT2D eigenvalue weighted by Crippen LogP contribution is -2.39. The maximum Gasteiger partial charge on any atom is 0.317 e. The van der Waals surface area contributed by atoms with Crippen molar-refractivity contribution in [3.05, 3.63) is 29.8 Å². The van der Waals surface area contributed by atoms with Crippen LogP contribution in [0.1, 0.15) is 56.4 Å². The van der Waals surface area contributed by atoms with Crippen LogP contribution in [-0.4, -0.2) is 50.4 Å². The average Bonchev–Trinajstić information content (AvgIpc) is 3.19. The van der Waals surface area contributed by atoms with Crippen LogP contribution in [-0.2, 0) is 4.74 Å². The quantitative estimate of drug-likeness (QED) is 0.750. The highest BCUT2D eigenvalue weighted by Crippen LogP contribution is 2.28. The first-order chi connectivity index (χ1) is 12.8. The molecule has 2 aliphatic rings. The number of benzene rings is 1. The number of nitrogens with one attached hydrogen (secondary N) is 1. The molecule has 1 heterocycles. The predicted molar refractivity (Wildman–Crippen MR) is 103 cm³/mol. The van der Waals surface area contributed by atoms with Gasteiger partial charge in [0.2, 0.25) is 0 Å². The summed E-state index contributed by atoms with van der Waals surface area (Å²) in [4.78, 5) is 14.3. The summed E-state index contributed by atoms with van der Waals surface area (Å²) < 4.78 is 11.1. The van der Waals surface area contributed by atoms with E-state index in [1.165, 1.54) is 37.7 Å². The third-order valence-corrected chi connectivity index (χ3v) is 5.57. The molecule has 144 valence electrons. The van der Waals surface area contributed by atoms with Gasteiger partial charge in [0.05, 0.1) is 13.2 Å². The standard InChI is InChI=1S/C21H32N2O3/c1-25-19-10-8-17(9-11-19)18-12-14-23(16-18)21(24)22-13-5-15-26-20-6-3-2-4-7-20/h8-11,18,20H,2-7,12-16H2,1H3,(H,22,24). The van der Waals surface area contributed by atoms with Crippen molar-refractivity contribution in [3.8, 4) is 5.75 Å². The third-order valence-electron chi connectivity index (χ3n) is 5.57. The van der Waals surface area contributed by atoms with Gasteiger partial charge in [-0.1, -0.05) is 31.4 Å². The second-order valence-corrected chi connectivity index (χ2v) is 7.42. The number of nitrogens with zero attached hydrogens (tertiary/aromatic N) is 1. The van der Waals surface area contributed by atoms with Crippen LogP contribution >= 0.6 is 0 Å². The van der Waals surface area contributed by atoms with E-state index in [9.17, 15) is 4.79 Å². The fourth-order valence-corrected chi connectivity index (χ4v) is 3.95. The largest absolute Gasteiger partial charge is 0.497 e. The minimum absolute atomic E-state index is 0.0543. The summed E-state index contributed by atoms with van der Waals surface area (Å²) in [5.74, 6) is 1.29. The van der Waals surface area contributed by atoms with Crippen LogP contribution in [0.2, 0.25) is 0 Å². The van der Waals surface area contributed by atoms with Gasteiger partial charge in [-0.05, 0) is 43.4 Å². The van der Waals surface area contributed by atoms with Gasteiger partial charge in [0.1, 0.15) is 5.75 Å². The van der Waals surface area contributed by atoms with Crippen LogP contribution in [0.5, 0.6) is 5.75 Å². The van der Waals surface area contributed by atoms with Gasteiger partial charge in [0, 0.05) is 32.2 Å². The predicted octanol–water partition coefficient (Wildman–Crippen LogP) is 3.93. The van der Waals surface area contributed by atoms with Gasteiger partial charge in [-0.3, -0.25) is 0 Å². The Balaban J connectivity index is 1.32. The first-order valence-electron chi connectivity index (χ1n) is 10.0. The summed E-state index contributed by atoms with van der Waals surface area (Å²) >= 11 is 0. The number of carbonyl (C=O) groups excluding carboxylic acids is 1. The van der Waals surface area contributed by atoms with Crippen molar-refractivity contribution >= 4 is 6.03 Å². The lowest BCUT2D eigenvalue weighted by molar-refractivity contribution is 0.0275. The third kappa shape index (κ3) is 5.37. The Bertz CT molecular complexity index is 555. The molecule has 1 aliphatic carbocycles. The Labute approximate surface area is 157 Å². The SMILES string of the molecule is COc1ccc(C2CCN(C(=O)NCCCOC3CCCCC3)C2)cc1. The lowest BCUT2D eigenvalue weighted by atomic mass is 9.98. The van der Waals surface area contributed by atoms with Gasteiger partial charge >= 0.3 is 6.03 Å². The zero-order valence-corrected chi connectivity index (χ0v) is 15.9. The minimum atomic E-state index is 0.0543. The number of ether oxygens (including phenoxy) is 2. The molecule has 1 aromatic rings. The molecule has 1 saturated heterocycles. The second kappa shape index (κ2) is 9.81. The Kier molecular flexibility index (Phi) is 7.18. The molecule has 3 rings (SSSR count). The molecule has 1 atom stereocenters. The number of methoxy groups -OCH3 is 1. The first kappa shape index (κ1) is 19.0.